The highest BCUT2D eigenvalue weighted by Crippen LogP contribution is 2.30. The number of hydrogen-bond acceptors (Lipinski definition) is 5. The van der Waals surface area contributed by atoms with E-state index in [1.807, 2.05) is 30.3 Å². The van der Waals surface area contributed by atoms with Gasteiger partial charge >= 0.3 is 0 Å². The summed E-state index contributed by atoms with van der Waals surface area (Å²) < 4.78 is 0. The lowest BCUT2D eigenvalue weighted by molar-refractivity contribution is 0.425. The molecule has 0 spiro atoms. The number of benzene rings is 1. The molecule has 0 saturated carbocycles. The van der Waals surface area contributed by atoms with Gasteiger partial charge in [-0.15, -0.1) is 10.2 Å². The molecule has 0 bridgehead atoms. The summed E-state index contributed by atoms with van der Waals surface area (Å²) in [6.07, 6.45) is 3.55. The Kier molecular flexibility index (Phi) is 5.13. The third-order valence-electron chi connectivity index (χ3n) is 3.70. The van der Waals surface area contributed by atoms with Crippen LogP contribution in [0.25, 0.3) is 22.4 Å². The Morgan fingerprint density at radius 1 is 0.917 bits per heavy atom. The van der Waals surface area contributed by atoms with Crippen molar-refractivity contribution in [2.24, 2.45) is 0 Å². The SMILES string of the molecule is CN(C)CCNc1cc(-c2ccccc2)c(-c2ccncc2)nn1. The monoisotopic (exact) mass is 319 g/mol. The molecule has 122 valence electrons. The maximum Gasteiger partial charge on any atom is 0.149 e. The van der Waals surface area contributed by atoms with E-state index in [9.17, 15) is 0 Å². The van der Waals surface area contributed by atoms with Crippen molar-refractivity contribution in [3.05, 3.63) is 60.9 Å². The van der Waals surface area contributed by atoms with Gasteiger partial charge in [-0.3, -0.25) is 4.98 Å². The Labute approximate surface area is 142 Å². The van der Waals surface area contributed by atoms with Gasteiger partial charge in [-0.25, -0.2) is 0 Å². The first-order chi connectivity index (χ1) is 11.7. The third kappa shape index (κ3) is 3.94. The molecule has 2 heterocycles. The van der Waals surface area contributed by atoms with E-state index in [0.717, 1.165) is 41.3 Å². The van der Waals surface area contributed by atoms with E-state index in [2.05, 4.69) is 57.7 Å². The molecule has 24 heavy (non-hydrogen) atoms. The summed E-state index contributed by atoms with van der Waals surface area (Å²) in [7, 11) is 4.10. The summed E-state index contributed by atoms with van der Waals surface area (Å²) >= 11 is 0. The maximum absolute atomic E-state index is 4.47. The van der Waals surface area contributed by atoms with E-state index in [1.54, 1.807) is 12.4 Å². The van der Waals surface area contributed by atoms with E-state index in [1.165, 1.54) is 0 Å². The molecule has 0 atom stereocenters. The van der Waals surface area contributed by atoms with Crippen LogP contribution >= 0.6 is 0 Å². The molecule has 3 rings (SSSR count). The second kappa shape index (κ2) is 7.66. The predicted octanol–water partition coefficient (Wildman–Crippen LogP) is 3.18. The lowest BCUT2D eigenvalue weighted by Gasteiger charge is -2.13. The Balaban J connectivity index is 1.97. The molecule has 0 saturated heterocycles. The van der Waals surface area contributed by atoms with Gasteiger partial charge in [-0.05, 0) is 37.9 Å². The number of rotatable bonds is 6. The molecule has 1 N–H and O–H groups in total. The van der Waals surface area contributed by atoms with Crippen LogP contribution in [0.2, 0.25) is 0 Å². The molecule has 0 amide bonds. The highest BCUT2D eigenvalue weighted by atomic mass is 15.2. The van der Waals surface area contributed by atoms with Crippen molar-refractivity contribution in [1.29, 1.82) is 0 Å². The fourth-order valence-electron chi connectivity index (χ4n) is 2.45. The van der Waals surface area contributed by atoms with Crippen LogP contribution in [0.4, 0.5) is 5.82 Å². The lowest BCUT2D eigenvalue weighted by atomic mass is 10.0. The van der Waals surface area contributed by atoms with E-state index < -0.39 is 0 Å². The summed E-state index contributed by atoms with van der Waals surface area (Å²) in [5.74, 6) is 0.786. The molecule has 0 fully saturated rings. The molecule has 5 nitrogen and oxygen atoms in total. The van der Waals surface area contributed by atoms with Crippen LogP contribution in [-0.4, -0.2) is 47.3 Å². The smallest absolute Gasteiger partial charge is 0.149 e. The quantitative estimate of drug-likeness (QED) is 0.756. The molecule has 2 aromatic heterocycles. The Morgan fingerprint density at radius 3 is 2.38 bits per heavy atom. The van der Waals surface area contributed by atoms with Gasteiger partial charge < -0.3 is 10.2 Å². The third-order valence-corrected chi connectivity index (χ3v) is 3.70. The number of nitrogens with zero attached hydrogens (tertiary/aromatic N) is 4. The Bertz CT molecular complexity index is 772. The minimum absolute atomic E-state index is 0.786. The van der Waals surface area contributed by atoms with Crippen LogP contribution in [0.3, 0.4) is 0 Å². The van der Waals surface area contributed by atoms with Gasteiger partial charge in [0.05, 0.1) is 0 Å². The van der Waals surface area contributed by atoms with Crippen molar-refractivity contribution in [2.75, 3.05) is 32.5 Å². The van der Waals surface area contributed by atoms with Crippen LogP contribution in [0.5, 0.6) is 0 Å². The first-order valence-corrected chi connectivity index (χ1v) is 7.96. The van der Waals surface area contributed by atoms with Crippen LogP contribution in [0.1, 0.15) is 0 Å². The average Bonchev–Trinajstić information content (AvgIpc) is 2.63. The zero-order valence-corrected chi connectivity index (χ0v) is 14.0. The standard InChI is InChI=1S/C19H21N5/c1-24(2)13-12-21-18-14-17(15-6-4-3-5-7-15)19(23-22-18)16-8-10-20-11-9-16/h3-11,14H,12-13H2,1-2H3,(H,21,22). The average molecular weight is 319 g/mol. The molecule has 1 aromatic carbocycles. The van der Waals surface area contributed by atoms with E-state index >= 15 is 0 Å². The fraction of sp³-hybridized carbons (Fsp3) is 0.211. The van der Waals surface area contributed by atoms with Gasteiger partial charge in [-0.1, -0.05) is 30.3 Å². The summed E-state index contributed by atoms with van der Waals surface area (Å²) in [5, 5.41) is 12.1. The van der Waals surface area contributed by atoms with Crippen molar-refractivity contribution in [3.63, 3.8) is 0 Å². The van der Waals surface area contributed by atoms with Crippen molar-refractivity contribution < 1.29 is 0 Å². The zero-order valence-electron chi connectivity index (χ0n) is 14.0. The highest BCUT2D eigenvalue weighted by Gasteiger charge is 2.11. The second-order valence-corrected chi connectivity index (χ2v) is 5.82. The van der Waals surface area contributed by atoms with E-state index in [0.29, 0.717) is 0 Å². The van der Waals surface area contributed by atoms with Crippen LogP contribution in [0.15, 0.2) is 60.9 Å². The maximum atomic E-state index is 4.47. The van der Waals surface area contributed by atoms with Crippen LogP contribution < -0.4 is 5.32 Å². The van der Waals surface area contributed by atoms with Gasteiger partial charge in [0, 0.05) is 36.6 Å². The number of likely N-dealkylation sites (N-methyl/N-ethyl adjacent to an activating group) is 1. The van der Waals surface area contributed by atoms with Crippen molar-refractivity contribution >= 4 is 5.82 Å². The van der Waals surface area contributed by atoms with Crippen molar-refractivity contribution in [2.45, 2.75) is 0 Å². The minimum Gasteiger partial charge on any atom is -0.367 e. The fourth-order valence-corrected chi connectivity index (χ4v) is 2.45. The molecule has 0 aliphatic heterocycles. The van der Waals surface area contributed by atoms with E-state index in [4.69, 9.17) is 0 Å². The normalized spacial score (nSPS) is 10.8. The second-order valence-electron chi connectivity index (χ2n) is 5.82. The lowest BCUT2D eigenvalue weighted by Crippen LogP contribution is -2.21. The van der Waals surface area contributed by atoms with Crippen LogP contribution in [0, 0.1) is 0 Å². The molecular weight excluding hydrogens is 298 g/mol. The molecule has 0 unspecified atom stereocenters. The topological polar surface area (TPSA) is 53.9 Å². The van der Waals surface area contributed by atoms with Gasteiger partial charge in [0.25, 0.3) is 0 Å². The van der Waals surface area contributed by atoms with Gasteiger partial charge in [0.1, 0.15) is 11.5 Å². The Morgan fingerprint density at radius 2 is 1.67 bits per heavy atom. The zero-order chi connectivity index (χ0) is 16.8. The number of aromatic nitrogens is 3. The summed E-state index contributed by atoms with van der Waals surface area (Å²) in [5.41, 5.74) is 4.05. The molecule has 0 aliphatic rings. The number of nitrogens with one attached hydrogen (secondary N) is 1. The molecular formula is C19H21N5. The van der Waals surface area contributed by atoms with Gasteiger partial charge in [0.15, 0.2) is 0 Å². The summed E-state index contributed by atoms with van der Waals surface area (Å²) in [6, 6.07) is 16.2. The van der Waals surface area contributed by atoms with Gasteiger partial charge in [-0.2, -0.15) is 0 Å². The molecule has 0 radical (unpaired) electrons. The highest BCUT2D eigenvalue weighted by molar-refractivity contribution is 5.81. The van der Waals surface area contributed by atoms with E-state index in [-0.39, 0.29) is 0 Å². The Hall–Kier alpha value is -2.79. The number of hydrogen-bond donors (Lipinski definition) is 1. The largest absolute Gasteiger partial charge is 0.367 e. The molecule has 3 aromatic rings. The number of anilines is 1. The summed E-state index contributed by atoms with van der Waals surface area (Å²) in [6.45, 7) is 1.76. The summed E-state index contributed by atoms with van der Waals surface area (Å²) in [4.78, 5) is 6.21. The first-order valence-electron chi connectivity index (χ1n) is 7.96. The minimum atomic E-state index is 0.786. The van der Waals surface area contributed by atoms with Crippen molar-refractivity contribution in [1.82, 2.24) is 20.1 Å². The van der Waals surface area contributed by atoms with Gasteiger partial charge in [0.2, 0.25) is 0 Å². The molecule has 0 aliphatic carbocycles. The van der Waals surface area contributed by atoms with Crippen molar-refractivity contribution in [3.8, 4) is 22.4 Å². The number of pyridine rings is 1. The van der Waals surface area contributed by atoms with Crippen LogP contribution in [-0.2, 0) is 0 Å². The molecule has 5 heteroatoms. The first kappa shape index (κ1) is 16.1. The predicted molar refractivity (Wildman–Crippen MR) is 97.7 cm³/mol.